The van der Waals surface area contributed by atoms with Crippen molar-refractivity contribution in [1.82, 2.24) is 0 Å². The fraction of sp³-hybridized carbons (Fsp3) is 0.667. The quantitative estimate of drug-likeness (QED) is 0.862. The van der Waals surface area contributed by atoms with Crippen molar-refractivity contribution in [2.75, 3.05) is 20.8 Å². The van der Waals surface area contributed by atoms with E-state index in [4.69, 9.17) is 15.2 Å². The average Bonchev–Trinajstić information content (AvgIpc) is 2.54. The highest BCUT2D eigenvalue weighted by atomic mass is 16.5. The lowest BCUT2D eigenvalue weighted by Gasteiger charge is -2.36. The maximum Gasteiger partial charge on any atom is 0.122 e. The molecule has 1 aliphatic rings. The third-order valence-electron chi connectivity index (χ3n) is 4.90. The Morgan fingerprint density at radius 2 is 1.76 bits per heavy atom. The third kappa shape index (κ3) is 3.91. The smallest absolute Gasteiger partial charge is 0.122 e. The van der Waals surface area contributed by atoms with Gasteiger partial charge < -0.3 is 15.2 Å². The first-order valence-electron chi connectivity index (χ1n) is 8.14. The van der Waals surface area contributed by atoms with Crippen molar-refractivity contribution < 1.29 is 9.47 Å². The van der Waals surface area contributed by atoms with Crippen LogP contribution < -0.4 is 15.2 Å². The molecule has 3 heteroatoms. The van der Waals surface area contributed by atoms with Gasteiger partial charge in [0.2, 0.25) is 0 Å². The molecule has 0 heterocycles. The minimum atomic E-state index is 0.532. The minimum Gasteiger partial charge on any atom is -0.497 e. The van der Waals surface area contributed by atoms with Crippen LogP contribution >= 0.6 is 0 Å². The predicted molar refractivity (Wildman–Crippen MR) is 87.1 cm³/mol. The molecule has 0 bridgehead atoms. The van der Waals surface area contributed by atoms with Crippen LogP contribution in [0.1, 0.15) is 50.5 Å². The van der Waals surface area contributed by atoms with E-state index in [0.717, 1.165) is 24.0 Å². The topological polar surface area (TPSA) is 44.5 Å². The van der Waals surface area contributed by atoms with E-state index in [9.17, 15) is 0 Å². The van der Waals surface area contributed by atoms with Crippen molar-refractivity contribution in [1.29, 1.82) is 0 Å². The zero-order valence-electron chi connectivity index (χ0n) is 13.6. The molecule has 3 nitrogen and oxygen atoms in total. The SMILES string of the molecule is CCCC1CCC(CN)C(c2cc(OC)cc(OC)c2)C1. The Balaban J connectivity index is 2.26. The number of hydrogen-bond acceptors (Lipinski definition) is 3. The van der Waals surface area contributed by atoms with Crippen molar-refractivity contribution in [3.05, 3.63) is 23.8 Å². The van der Waals surface area contributed by atoms with Crippen LogP contribution in [0.2, 0.25) is 0 Å². The summed E-state index contributed by atoms with van der Waals surface area (Å²) in [6.45, 7) is 3.04. The lowest BCUT2D eigenvalue weighted by Crippen LogP contribution is -2.29. The highest BCUT2D eigenvalue weighted by Gasteiger charge is 2.30. The molecule has 1 aromatic carbocycles. The van der Waals surface area contributed by atoms with Gasteiger partial charge in [0.15, 0.2) is 0 Å². The molecule has 1 fully saturated rings. The Morgan fingerprint density at radius 1 is 1.10 bits per heavy atom. The standard InChI is InChI=1S/C18H29NO2/c1-4-5-13-6-7-14(12-19)18(8-13)15-9-16(20-2)11-17(10-15)21-3/h9-11,13-14,18H,4-8,12,19H2,1-3H3. The van der Waals surface area contributed by atoms with Gasteiger partial charge in [-0.25, -0.2) is 0 Å². The number of ether oxygens (including phenoxy) is 2. The molecule has 118 valence electrons. The molecular formula is C18H29NO2. The number of hydrogen-bond donors (Lipinski definition) is 1. The van der Waals surface area contributed by atoms with Gasteiger partial charge in [0, 0.05) is 6.07 Å². The molecule has 3 unspecified atom stereocenters. The molecule has 2 N–H and O–H groups in total. The van der Waals surface area contributed by atoms with Gasteiger partial charge in [-0.15, -0.1) is 0 Å². The predicted octanol–water partition coefficient (Wildman–Crippen LogP) is 3.96. The number of rotatable bonds is 6. The van der Waals surface area contributed by atoms with Crippen LogP contribution in [0.15, 0.2) is 18.2 Å². The summed E-state index contributed by atoms with van der Waals surface area (Å²) in [7, 11) is 3.42. The second-order valence-corrected chi connectivity index (χ2v) is 6.22. The van der Waals surface area contributed by atoms with Gasteiger partial charge in [0.25, 0.3) is 0 Å². The lowest BCUT2D eigenvalue weighted by atomic mass is 9.70. The molecule has 2 rings (SSSR count). The Labute approximate surface area is 128 Å². The maximum atomic E-state index is 6.03. The summed E-state index contributed by atoms with van der Waals surface area (Å²) in [5, 5.41) is 0. The Kier molecular flexibility index (Phi) is 5.92. The van der Waals surface area contributed by atoms with Crippen molar-refractivity contribution in [2.45, 2.75) is 44.9 Å². The van der Waals surface area contributed by atoms with Crippen molar-refractivity contribution in [3.8, 4) is 11.5 Å². The van der Waals surface area contributed by atoms with Gasteiger partial charge >= 0.3 is 0 Å². The molecule has 0 aromatic heterocycles. The molecule has 21 heavy (non-hydrogen) atoms. The highest BCUT2D eigenvalue weighted by molar-refractivity contribution is 5.40. The molecule has 0 aliphatic heterocycles. The summed E-state index contributed by atoms with van der Waals surface area (Å²) < 4.78 is 10.8. The van der Waals surface area contributed by atoms with Gasteiger partial charge in [-0.2, -0.15) is 0 Å². The number of nitrogens with two attached hydrogens (primary N) is 1. The van der Waals surface area contributed by atoms with Crippen LogP contribution in [0.4, 0.5) is 0 Å². The molecule has 0 radical (unpaired) electrons. The second-order valence-electron chi connectivity index (χ2n) is 6.22. The van der Waals surface area contributed by atoms with Gasteiger partial charge in [0.05, 0.1) is 14.2 Å². The van der Waals surface area contributed by atoms with Crippen molar-refractivity contribution >= 4 is 0 Å². The zero-order chi connectivity index (χ0) is 15.2. The van der Waals surface area contributed by atoms with E-state index in [1.165, 1.54) is 37.7 Å². The maximum absolute atomic E-state index is 6.03. The summed E-state index contributed by atoms with van der Waals surface area (Å²) in [5.41, 5.74) is 7.35. The van der Waals surface area contributed by atoms with Crippen LogP contribution in [0, 0.1) is 11.8 Å². The summed E-state index contributed by atoms with van der Waals surface area (Å²) in [6, 6.07) is 6.25. The first-order valence-corrected chi connectivity index (χ1v) is 8.14. The van der Waals surface area contributed by atoms with Gasteiger partial charge in [-0.05, 0) is 54.8 Å². The van der Waals surface area contributed by atoms with E-state index >= 15 is 0 Å². The van der Waals surface area contributed by atoms with E-state index in [2.05, 4.69) is 19.1 Å². The highest BCUT2D eigenvalue weighted by Crippen LogP contribution is 2.43. The largest absolute Gasteiger partial charge is 0.497 e. The Hall–Kier alpha value is -1.22. The molecule has 1 saturated carbocycles. The number of benzene rings is 1. The lowest BCUT2D eigenvalue weighted by molar-refractivity contribution is 0.229. The molecule has 1 aliphatic carbocycles. The second kappa shape index (κ2) is 7.69. The minimum absolute atomic E-state index is 0.532. The summed E-state index contributed by atoms with van der Waals surface area (Å²) in [4.78, 5) is 0. The van der Waals surface area contributed by atoms with Gasteiger partial charge in [-0.1, -0.05) is 26.2 Å². The summed E-state index contributed by atoms with van der Waals surface area (Å²) in [6.07, 6.45) is 6.41. The first kappa shape index (κ1) is 16.2. The molecule has 1 aromatic rings. The summed E-state index contributed by atoms with van der Waals surface area (Å²) in [5.74, 6) is 3.69. The van der Waals surface area contributed by atoms with E-state index in [1.807, 2.05) is 6.07 Å². The van der Waals surface area contributed by atoms with Crippen LogP contribution in [-0.4, -0.2) is 20.8 Å². The molecule has 0 spiro atoms. The van der Waals surface area contributed by atoms with E-state index in [0.29, 0.717) is 11.8 Å². The van der Waals surface area contributed by atoms with Crippen LogP contribution in [0.3, 0.4) is 0 Å². The molecule has 0 amide bonds. The van der Waals surface area contributed by atoms with Crippen LogP contribution in [0.25, 0.3) is 0 Å². The fourth-order valence-corrected chi connectivity index (χ4v) is 3.72. The van der Waals surface area contributed by atoms with E-state index < -0.39 is 0 Å². The van der Waals surface area contributed by atoms with Crippen LogP contribution in [0.5, 0.6) is 11.5 Å². The molecule has 0 saturated heterocycles. The number of methoxy groups -OCH3 is 2. The first-order chi connectivity index (χ1) is 10.2. The van der Waals surface area contributed by atoms with E-state index in [-0.39, 0.29) is 0 Å². The average molecular weight is 291 g/mol. The molecule has 3 atom stereocenters. The van der Waals surface area contributed by atoms with Gasteiger partial charge in [-0.3, -0.25) is 0 Å². The molecular weight excluding hydrogens is 262 g/mol. The van der Waals surface area contributed by atoms with Crippen LogP contribution in [-0.2, 0) is 0 Å². The normalized spacial score (nSPS) is 25.6. The zero-order valence-corrected chi connectivity index (χ0v) is 13.6. The van der Waals surface area contributed by atoms with Crippen molar-refractivity contribution in [2.24, 2.45) is 17.6 Å². The monoisotopic (exact) mass is 291 g/mol. The summed E-state index contributed by atoms with van der Waals surface area (Å²) >= 11 is 0. The Bertz CT molecular complexity index is 425. The van der Waals surface area contributed by atoms with E-state index in [1.54, 1.807) is 14.2 Å². The van der Waals surface area contributed by atoms with Gasteiger partial charge in [0.1, 0.15) is 11.5 Å². The Morgan fingerprint density at radius 3 is 2.29 bits per heavy atom. The fourth-order valence-electron chi connectivity index (χ4n) is 3.72. The van der Waals surface area contributed by atoms with Crippen molar-refractivity contribution in [3.63, 3.8) is 0 Å². The third-order valence-corrected chi connectivity index (χ3v) is 4.90.